The molecule has 0 fully saturated rings. The van der Waals surface area contributed by atoms with Crippen molar-refractivity contribution < 1.29 is 145 Å². The molecule has 4 aromatic rings. The molecule has 36 heteroatoms. The number of nitrogens with one attached hydrogen (secondary N) is 6. The van der Waals surface area contributed by atoms with Gasteiger partial charge in [0.05, 0.1) is 63.6 Å². The molecule has 0 radical (unpaired) electrons. The average Bonchev–Trinajstić information content (AvgIpc) is 0.839. The van der Waals surface area contributed by atoms with Gasteiger partial charge in [-0.15, -0.1) is 0 Å². The summed E-state index contributed by atoms with van der Waals surface area (Å²) in [7, 11) is 0. The van der Waals surface area contributed by atoms with Crippen molar-refractivity contribution in [1.82, 2.24) is 31.9 Å². The predicted molar refractivity (Wildman–Crippen MR) is 480 cm³/mol. The third kappa shape index (κ3) is 60.1. The number of rotatable bonds is 57. The van der Waals surface area contributed by atoms with Gasteiger partial charge in [-0.3, -0.25) is 47.9 Å². The van der Waals surface area contributed by atoms with E-state index in [1.807, 2.05) is 114 Å². The summed E-state index contributed by atoms with van der Waals surface area (Å²) in [6.45, 7) is 29.0. The van der Waals surface area contributed by atoms with Crippen LogP contribution in [0.2, 0.25) is 0 Å². The maximum atomic E-state index is 14.0. The number of hydrogen-bond acceptors (Lipinski definition) is 27. The number of esters is 3. The molecule has 0 bridgehead atoms. The molecule has 132 heavy (non-hydrogen) atoms. The van der Waals surface area contributed by atoms with Crippen molar-refractivity contribution >= 4 is 95.1 Å². The van der Waals surface area contributed by atoms with Crippen molar-refractivity contribution in [3.05, 3.63) is 131 Å². The van der Waals surface area contributed by atoms with Gasteiger partial charge >= 0.3 is 60.2 Å². The first-order valence-corrected chi connectivity index (χ1v) is 43.9. The Hall–Kier alpha value is -11.9. The van der Waals surface area contributed by atoms with Gasteiger partial charge in [-0.2, -0.15) is 19.2 Å². The number of carbonyl (C=O) groups excluding carboxylic acids is 15. The summed E-state index contributed by atoms with van der Waals surface area (Å²) in [6.07, 6.45) is 2.18. The molecule has 0 aliphatic carbocycles. The number of urea groups is 2. The Morgan fingerprint density at radius 1 is 0.364 bits per heavy atom. The fourth-order valence-electron chi connectivity index (χ4n) is 12.5. The second kappa shape index (κ2) is 63.2. The summed E-state index contributed by atoms with van der Waals surface area (Å²) >= 11 is 0. The number of Topliss-reactive ketones (excluding diaryl/α,β-unsaturated/α-hetero) is 4. The first kappa shape index (κ1) is 118. The van der Waals surface area contributed by atoms with E-state index in [4.69, 9.17) is 62.2 Å². The summed E-state index contributed by atoms with van der Waals surface area (Å²) in [5.41, 5.74) is 0.0911. The zero-order valence-electron chi connectivity index (χ0n) is 78.8. The van der Waals surface area contributed by atoms with E-state index in [1.165, 1.54) is 12.1 Å². The number of carbonyl (C=O) groups is 14. The first-order valence-electron chi connectivity index (χ1n) is 43.9. The topological polar surface area (TPSA) is 534 Å². The van der Waals surface area contributed by atoms with Crippen LogP contribution in [-0.4, -0.2) is 228 Å². The summed E-state index contributed by atoms with van der Waals surface area (Å²) in [5.74, 6) is -7.96. The number of benzene rings is 4. The van der Waals surface area contributed by atoms with Crippen molar-refractivity contribution in [3.8, 4) is 11.5 Å². The lowest BCUT2D eigenvalue weighted by Gasteiger charge is -2.32. The third-order valence-electron chi connectivity index (χ3n) is 18.7. The van der Waals surface area contributed by atoms with Crippen molar-refractivity contribution in [1.29, 1.82) is 0 Å². The highest BCUT2D eigenvalue weighted by Gasteiger charge is 2.35. The minimum atomic E-state index is -1.30. The molecule has 0 aromatic heterocycles. The van der Waals surface area contributed by atoms with Gasteiger partial charge in [0, 0.05) is 90.0 Å². The van der Waals surface area contributed by atoms with Crippen LogP contribution < -0.4 is 36.6 Å². The van der Waals surface area contributed by atoms with Crippen LogP contribution in [0.4, 0.5) is 9.59 Å². The maximum absolute atomic E-state index is 14.0. The highest BCUT2D eigenvalue weighted by molar-refractivity contribution is 5.93. The molecular formula is C96H138N6O30. The van der Waals surface area contributed by atoms with E-state index in [-0.39, 0.29) is 221 Å². The van der Waals surface area contributed by atoms with Gasteiger partial charge in [-0.1, -0.05) is 106 Å². The Kier molecular flexibility index (Phi) is 56.5. The fraction of sp³-hybridized carbons (Fsp3) is 0.583. The van der Waals surface area contributed by atoms with Crippen LogP contribution in [0.1, 0.15) is 229 Å². The van der Waals surface area contributed by atoms with Crippen molar-refractivity contribution in [2.75, 3.05) is 59.4 Å². The molecule has 10 N–H and O–H groups in total. The van der Waals surface area contributed by atoms with E-state index < -0.39 is 118 Å². The van der Waals surface area contributed by atoms with E-state index in [1.54, 1.807) is 86.6 Å². The Balaban J connectivity index is 0.00000130. The molecule has 36 nitrogen and oxygen atoms in total. The van der Waals surface area contributed by atoms with Gasteiger partial charge in [0.1, 0.15) is 57.6 Å². The number of carboxylic acid groups (broad SMARTS) is 3. The van der Waals surface area contributed by atoms with Crippen molar-refractivity contribution in [3.63, 3.8) is 0 Å². The highest BCUT2D eigenvalue weighted by atomic mass is 16.6. The minimum Gasteiger partial charge on any atom is -0.508 e. The van der Waals surface area contributed by atoms with Crippen LogP contribution in [0.3, 0.4) is 0 Å². The van der Waals surface area contributed by atoms with Crippen LogP contribution in [0.5, 0.6) is 11.5 Å². The van der Waals surface area contributed by atoms with E-state index in [0.29, 0.717) is 30.6 Å². The highest BCUT2D eigenvalue weighted by Crippen LogP contribution is 2.27. The molecule has 732 valence electrons. The third-order valence-corrected chi connectivity index (χ3v) is 18.7. The van der Waals surface area contributed by atoms with Gasteiger partial charge in [-0.05, 0) is 199 Å². The van der Waals surface area contributed by atoms with Gasteiger partial charge < -0.3 is 90.2 Å². The largest absolute Gasteiger partial charge is 0.508 e. The zero-order valence-corrected chi connectivity index (χ0v) is 78.8. The molecule has 0 spiro atoms. The number of amides is 6. The van der Waals surface area contributed by atoms with Crippen molar-refractivity contribution in [2.24, 2.45) is 17.3 Å². The van der Waals surface area contributed by atoms with Crippen LogP contribution in [0, 0.1) is 17.3 Å². The number of hydrogen-bond donors (Lipinski definition) is 10. The number of aromatic hydroxyl groups is 1. The van der Waals surface area contributed by atoms with E-state index >= 15 is 0 Å². The lowest BCUT2D eigenvalue weighted by molar-refractivity contribution is -0.193. The number of aliphatic carboxylic acids is 3. The molecule has 0 saturated heterocycles. The van der Waals surface area contributed by atoms with Crippen LogP contribution in [0.25, 0.3) is 0 Å². The Labute approximate surface area is 772 Å². The Bertz CT molecular complexity index is 4260. The maximum Gasteiger partial charge on any atom is 0.373 e. The first-order chi connectivity index (χ1) is 61.8. The molecule has 0 heterocycles. The summed E-state index contributed by atoms with van der Waals surface area (Å²) in [5, 5.41) is 53.1. The quantitative estimate of drug-likeness (QED) is 0.0111. The van der Waals surface area contributed by atoms with Crippen LogP contribution in [0.15, 0.2) is 109 Å². The van der Waals surface area contributed by atoms with Crippen LogP contribution in [-0.2, 0) is 136 Å². The monoisotopic (exact) mass is 1850 g/mol. The van der Waals surface area contributed by atoms with Crippen LogP contribution >= 0.6 is 0 Å². The molecule has 0 aliphatic rings. The molecule has 0 unspecified atom stereocenters. The zero-order chi connectivity index (χ0) is 99.6. The smallest absolute Gasteiger partial charge is 0.373 e. The molecule has 7 atom stereocenters. The summed E-state index contributed by atoms with van der Waals surface area (Å²) in [4.78, 5) is 209. The molecule has 0 aliphatic heterocycles. The average molecular weight is 1860 g/mol. The number of phenols is 1. The predicted octanol–water partition coefficient (Wildman–Crippen LogP) is 10.5. The Morgan fingerprint density at radius 3 is 1.18 bits per heavy atom. The second-order valence-electron chi connectivity index (χ2n) is 36.2. The minimum absolute atomic E-state index is 0.0153. The molecule has 4 aromatic carbocycles. The molecule has 4 rings (SSSR count). The van der Waals surface area contributed by atoms with E-state index in [2.05, 4.69) is 31.9 Å². The van der Waals surface area contributed by atoms with E-state index in [9.17, 15) is 82.4 Å². The summed E-state index contributed by atoms with van der Waals surface area (Å²) in [6, 6.07) is 25.8. The van der Waals surface area contributed by atoms with Gasteiger partial charge in [0.2, 0.25) is 11.8 Å². The number of carboxylic acids is 3. The second-order valence-corrected chi connectivity index (χ2v) is 36.2. The van der Waals surface area contributed by atoms with Gasteiger partial charge in [-0.25, -0.2) is 19.2 Å². The normalized spacial score (nSPS) is 12.8. The van der Waals surface area contributed by atoms with E-state index in [0.717, 1.165) is 16.7 Å². The van der Waals surface area contributed by atoms with Crippen molar-refractivity contribution in [2.45, 2.75) is 285 Å². The SMILES string of the molecule is CC(C)(C)OC(=O)CC[C@H](NC(=O)N[C@@H](CCC(=O)CCCOCCOCCC(=O)N[C@@H](Cc1ccccc1)C(=O)C[C@@H](Cc1ccc(OC(C)(C)C)cc1)C(=O)OC(C)(C)C)C(=O)OC(C)(C)C)C(C)(C)C.O=C(O)CCCNC(=O)N[C@@H](CCC(=O)CCCOCCOCCC(=O)N[C@@H](Cc1ccccc1)C(=O)C[C@@H](Cc1ccc(O)cc1)C(=O)O)C(=O)O.O=C=O.O=C=O. The standard InChI is InChI=1S/C57H89N3O13.C37H49N3O13.2CO2/c1-53(2,3)47(29-30-49(64)71-55(7,8)9)60-52(67)59-44(51(66)73-57(13,14)15)28-25-42(61)22-19-32-68-34-35-69-33-31-48(63)58-45(37-39-20-17-16-18-21-39)46(62)38-41(50(65)72-56(10,11)12)36-40-23-26-43(27-24-40)70-54(4,5)6;41-28(14-15-30(36(49)50)40-37(51)38-17-4-9-34(45)46)8-5-18-52-20-21-53-19-16-33(44)39-31(23-25-6-2-1-3-7-25)32(43)24-27(35(47)48)22-26-10-12-29(42)13-11-26;2*2-1-3/h16-18,20-21,23-24,26-27,41,44-45,47H,19,22,25,28-38H2,1-15H3,(H,58,63)(H2,59,60,67);1-3,6-7,10-13,27,30-31,42H,4-5,8-9,14-24H2,(H,39,44)(H,45,46)(H,47,48)(H,49,50)(H2,38,40,51);;/t41-,44+,45+,47+;27-,30+,31+;;/m11../s1. The number of phenolic OH excluding ortho intramolecular Hbond substituents is 1. The van der Waals surface area contributed by atoms with Gasteiger partial charge in [0.25, 0.3) is 0 Å². The molecule has 6 amide bonds. The number of ketones is 4. The molecular weight excluding hydrogens is 1720 g/mol. The molecule has 0 saturated carbocycles. The summed E-state index contributed by atoms with van der Waals surface area (Å²) < 4.78 is 45.0. The number of ether oxygens (including phenoxy) is 8. The lowest BCUT2D eigenvalue weighted by Crippen LogP contribution is -2.53. The lowest BCUT2D eigenvalue weighted by atomic mass is 9.84. The Morgan fingerprint density at radius 2 is 0.765 bits per heavy atom. The van der Waals surface area contributed by atoms with Gasteiger partial charge in [0.15, 0.2) is 11.6 Å². The fourth-order valence-corrected chi connectivity index (χ4v) is 12.5.